The van der Waals surface area contributed by atoms with Crippen LogP contribution >= 0.6 is 11.6 Å². The van der Waals surface area contributed by atoms with Crippen LogP contribution in [0, 0.1) is 5.92 Å². The smallest absolute Gasteiger partial charge is 0.0527 e. The first-order valence-corrected chi connectivity index (χ1v) is 6.35. The fourth-order valence-corrected chi connectivity index (χ4v) is 2.43. The number of rotatable bonds is 4. The van der Waals surface area contributed by atoms with Crippen molar-refractivity contribution in [3.8, 4) is 0 Å². The molecule has 1 N–H and O–H groups in total. The quantitative estimate of drug-likeness (QED) is 0.851. The van der Waals surface area contributed by atoms with Gasteiger partial charge in [-0.05, 0) is 42.4 Å². The molecule has 0 aliphatic heterocycles. The molecule has 2 heteroatoms. The Kier molecular flexibility index (Phi) is 3.27. The van der Waals surface area contributed by atoms with E-state index in [1.807, 2.05) is 6.07 Å². The molecule has 1 nitrogen and oxygen atoms in total. The second kappa shape index (κ2) is 4.38. The van der Waals surface area contributed by atoms with Crippen LogP contribution in [0.1, 0.15) is 37.8 Å². The molecule has 2 rings (SSSR count). The van der Waals surface area contributed by atoms with Crippen molar-refractivity contribution in [2.45, 2.75) is 38.5 Å². The minimum atomic E-state index is 0.0278. The number of aliphatic hydroxyl groups excluding tert-OH is 1. The average Bonchev–Trinajstić information content (AvgIpc) is 3.01. The van der Waals surface area contributed by atoms with Crippen LogP contribution in [-0.4, -0.2) is 11.7 Å². The SMILES string of the molecule is CC(C)Cc1ccc(C2(CO)CC2)cc1Cl. The fraction of sp³-hybridized carbons (Fsp3) is 0.571. The Labute approximate surface area is 102 Å². The van der Waals surface area contributed by atoms with E-state index in [0.29, 0.717) is 5.92 Å². The lowest BCUT2D eigenvalue weighted by Crippen LogP contribution is -2.12. The Balaban J connectivity index is 2.23. The molecule has 0 heterocycles. The van der Waals surface area contributed by atoms with Gasteiger partial charge in [0.2, 0.25) is 0 Å². The lowest BCUT2D eigenvalue weighted by molar-refractivity contribution is 0.255. The fourth-order valence-electron chi connectivity index (χ4n) is 2.17. The Morgan fingerprint density at radius 3 is 2.50 bits per heavy atom. The van der Waals surface area contributed by atoms with Crippen LogP contribution in [0.2, 0.25) is 5.02 Å². The summed E-state index contributed by atoms with van der Waals surface area (Å²) in [7, 11) is 0. The summed E-state index contributed by atoms with van der Waals surface area (Å²) in [6, 6.07) is 6.29. The van der Waals surface area contributed by atoms with Crippen LogP contribution in [0.15, 0.2) is 18.2 Å². The van der Waals surface area contributed by atoms with Gasteiger partial charge in [-0.1, -0.05) is 37.6 Å². The van der Waals surface area contributed by atoms with Crippen molar-refractivity contribution in [1.82, 2.24) is 0 Å². The van der Waals surface area contributed by atoms with E-state index in [1.165, 1.54) is 11.1 Å². The first kappa shape index (κ1) is 11.9. The summed E-state index contributed by atoms with van der Waals surface area (Å²) in [5, 5.41) is 10.2. The molecule has 88 valence electrons. The lowest BCUT2D eigenvalue weighted by Gasteiger charge is -2.15. The van der Waals surface area contributed by atoms with Gasteiger partial charge in [-0.2, -0.15) is 0 Å². The van der Waals surface area contributed by atoms with Crippen LogP contribution in [0.4, 0.5) is 0 Å². The number of benzene rings is 1. The zero-order chi connectivity index (χ0) is 11.8. The van der Waals surface area contributed by atoms with Gasteiger partial charge in [0.15, 0.2) is 0 Å². The normalized spacial score (nSPS) is 17.8. The maximum Gasteiger partial charge on any atom is 0.0527 e. The number of hydrogen-bond acceptors (Lipinski definition) is 1. The zero-order valence-corrected chi connectivity index (χ0v) is 10.7. The topological polar surface area (TPSA) is 20.2 Å². The Bertz CT molecular complexity index is 380. The molecule has 1 aliphatic carbocycles. The number of aliphatic hydroxyl groups is 1. The second-order valence-electron chi connectivity index (χ2n) is 5.34. The van der Waals surface area contributed by atoms with Crippen LogP contribution in [0.5, 0.6) is 0 Å². The standard InChI is InChI=1S/C14H19ClO/c1-10(2)7-11-3-4-12(8-13(11)15)14(9-16)5-6-14/h3-4,8,10,16H,5-7,9H2,1-2H3. The van der Waals surface area contributed by atoms with E-state index in [2.05, 4.69) is 26.0 Å². The van der Waals surface area contributed by atoms with Gasteiger partial charge in [0.05, 0.1) is 6.61 Å². The van der Waals surface area contributed by atoms with E-state index in [4.69, 9.17) is 11.6 Å². The van der Waals surface area contributed by atoms with Crippen molar-refractivity contribution in [2.24, 2.45) is 5.92 Å². The van der Waals surface area contributed by atoms with E-state index in [-0.39, 0.29) is 12.0 Å². The van der Waals surface area contributed by atoms with Gasteiger partial charge < -0.3 is 5.11 Å². The molecule has 0 bridgehead atoms. The van der Waals surface area contributed by atoms with Crippen LogP contribution in [-0.2, 0) is 11.8 Å². The molecule has 0 atom stereocenters. The van der Waals surface area contributed by atoms with Gasteiger partial charge in [0.1, 0.15) is 0 Å². The summed E-state index contributed by atoms with van der Waals surface area (Å²) in [6.07, 6.45) is 3.19. The number of hydrogen-bond donors (Lipinski definition) is 1. The number of halogens is 1. The van der Waals surface area contributed by atoms with E-state index in [9.17, 15) is 5.11 Å². The van der Waals surface area contributed by atoms with E-state index >= 15 is 0 Å². The zero-order valence-electron chi connectivity index (χ0n) is 9.96. The molecule has 16 heavy (non-hydrogen) atoms. The predicted molar refractivity (Wildman–Crippen MR) is 68.0 cm³/mol. The monoisotopic (exact) mass is 238 g/mol. The maximum atomic E-state index is 9.37. The van der Waals surface area contributed by atoms with Crippen LogP contribution in [0.25, 0.3) is 0 Å². The highest BCUT2D eigenvalue weighted by Gasteiger charge is 2.43. The van der Waals surface area contributed by atoms with Crippen molar-refractivity contribution < 1.29 is 5.11 Å². The third kappa shape index (κ3) is 2.26. The first-order valence-electron chi connectivity index (χ1n) is 5.97. The molecule has 0 radical (unpaired) electrons. The molecular weight excluding hydrogens is 220 g/mol. The molecule has 0 unspecified atom stereocenters. The maximum absolute atomic E-state index is 9.37. The highest BCUT2D eigenvalue weighted by molar-refractivity contribution is 6.31. The summed E-state index contributed by atoms with van der Waals surface area (Å²) < 4.78 is 0. The summed E-state index contributed by atoms with van der Waals surface area (Å²) in [4.78, 5) is 0. The van der Waals surface area contributed by atoms with Crippen molar-refractivity contribution in [3.63, 3.8) is 0 Å². The van der Waals surface area contributed by atoms with Gasteiger partial charge in [-0.15, -0.1) is 0 Å². The third-order valence-corrected chi connectivity index (χ3v) is 3.80. The molecule has 1 aromatic carbocycles. The molecule has 1 fully saturated rings. The Morgan fingerprint density at radius 2 is 2.06 bits per heavy atom. The molecule has 1 saturated carbocycles. The van der Waals surface area contributed by atoms with Crippen molar-refractivity contribution in [3.05, 3.63) is 34.3 Å². The Hall–Kier alpha value is -0.530. The molecule has 0 saturated heterocycles. The Morgan fingerprint density at radius 1 is 1.38 bits per heavy atom. The second-order valence-corrected chi connectivity index (χ2v) is 5.75. The van der Waals surface area contributed by atoms with Gasteiger partial charge in [-0.25, -0.2) is 0 Å². The third-order valence-electron chi connectivity index (χ3n) is 3.45. The summed E-state index contributed by atoms with van der Waals surface area (Å²) >= 11 is 6.28. The average molecular weight is 239 g/mol. The summed E-state index contributed by atoms with van der Waals surface area (Å²) in [5.74, 6) is 0.621. The van der Waals surface area contributed by atoms with Gasteiger partial charge in [0, 0.05) is 10.4 Å². The van der Waals surface area contributed by atoms with Gasteiger partial charge in [-0.3, -0.25) is 0 Å². The largest absolute Gasteiger partial charge is 0.395 e. The first-order chi connectivity index (χ1) is 7.57. The summed E-state index contributed by atoms with van der Waals surface area (Å²) in [6.45, 7) is 4.63. The van der Waals surface area contributed by atoms with Gasteiger partial charge in [0.25, 0.3) is 0 Å². The predicted octanol–water partition coefficient (Wildman–Crippen LogP) is 3.56. The molecule has 1 aromatic rings. The molecule has 1 aliphatic rings. The minimum absolute atomic E-state index is 0.0278. The van der Waals surface area contributed by atoms with E-state index in [0.717, 1.165) is 24.3 Å². The lowest BCUT2D eigenvalue weighted by atomic mass is 9.94. The highest BCUT2D eigenvalue weighted by atomic mass is 35.5. The molecule has 0 amide bonds. The molecule has 0 spiro atoms. The van der Waals surface area contributed by atoms with Gasteiger partial charge >= 0.3 is 0 Å². The summed E-state index contributed by atoms with van der Waals surface area (Å²) in [5.41, 5.74) is 2.45. The van der Waals surface area contributed by atoms with Crippen LogP contribution in [0.3, 0.4) is 0 Å². The van der Waals surface area contributed by atoms with Crippen molar-refractivity contribution in [1.29, 1.82) is 0 Å². The minimum Gasteiger partial charge on any atom is -0.395 e. The molecular formula is C14H19ClO. The van der Waals surface area contributed by atoms with Crippen LogP contribution < -0.4 is 0 Å². The molecule has 0 aromatic heterocycles. The van der Waals surface area contributed by atoms with E-state index in [1.54, 1.807) is 0 Å². The highest BCUT2D eigenvalue weighted by Crippen LogP contribution is 2.48. The van der Waals surface area contributed by atoms with Crippen molar-refractivity contribution >= 4 is 11.6 Å². The van der Waals surface area contributed by atoms with E-state index < -0.39 is 0 Å². The van der Waals surface area contributed by atoms with Crippen molar-refractivity contribution in [2.75, 3.05) is 6.61 Å².